The molecule has 0 radical (unpaired) electrons. The highest BCUT2D eigenvalue weighted by Crippen LogP contribution is 2.27. The fourth-order valence-corrected chi connectivity index (χ4v) is 2.59. The second-order valence-corrected chi connectivity index (χ2v) is 5.33. The largest absolute Gasteiger partial charge is 0.492 e. The number of halogens is 1. The molecule has 2 aromatic carbocycles. The van der Waals surface area contributed by atoms with Gasteiger partial charge in [0.25, 0.3) is 11.8 Å². The molecule has 0 bridgehead atoms. The zero-order valence-electron chi connectivity index (χ0n) is 12.4. The van der Waals surface area contributed by atoms with Crippen molar-refractivity contribution in [1.82, 2.24) is 5.06 Å². The number of imide groups is 1. The van der Waals surface area contributed by atoms with E-state index in [0.29, 0.717) is 28.5 Å². The van der Waals surface area contributed by atoms with Crippen LogP contribution in [0.25, 0.3) is 0 Å². The molecule has 23 heavy (non-hydrogen) atoms. The van der Waals surface area contributed by atoms with Crippen molar-refractivity contribution in [3.05, 3.63) is 64.2 Å². The zero-order valence-corrected chi connectivity index (χ0v) is 13.2. The number of amides is 2. The lowest BCUT2D eigenvalue weighted by molar-refractivity contribution is -0.101. The summed E-state index contributed by atoms with van der Waals surface area (Å²) >= 11 is 6.11. The van der Waals surface area contributed by atoms with Gasteiger partial charge >= 0.3 is 0 Å². The topological polar surface area (TPSA) is 55.8 Å². The molecule has 0 N–H and O–H groups in total. The van der Waals surface area contributed by atoms with E-state index in [9.17, 15) is 9.59 Å². The summed E-state index contributed by atoms with van der Waals surface area (Å²) in [7, 11) is 0. The normalized spacial score (nSPS) is 13.4. The van der Waals surface area contributed by atoms with Gasteiger partial charge in [0.1, 0.15) is 12.4 Å². The molecule has 0 aromatic heterocycles. The van der Waals surface area contributed by atoms with E-state index in [1.54, 1.807) is 42.5 Å². The Balaban J connectivity index is 1.71. The number of carbonyl (C=O) groups excluding carboxylic acids is 2. The maximum atomic E-state index is 12.2. The Morgan fingerprint density at radius 1 is 1.04 bits per heavy atom. The molecule has 5 nitrogen and oxygen atoms in total. The monoisotopic (exact) mass is 331 g/mol. The highest BCUT2D eigenvalue weighted by Gasteiger charge is 2.36. The Kier molecular flexibility index (Phi) is 4.32. The Hall–Kier alpha value is -2.37. The van der Waals surface area contributed by atoms with Crippen molar-refractivity contribution in [3.63, 3.8) is 0 Å². The molecule has 0 fully saturated rings. The van der Waals surface area contributed by atoms with Crippen LogP contribution in [0.3, 0.4) is 0 Å². The van der Waals surface area contributed by atoms with Crippen molar-refractivity contribution in [2.24, 2.45) is 0 Å². The first-order valence-corrected chi connectivity index (χ1v) is 7.51. The van der Waals surface area contributed by atoms with Crippen LogP contribution in [0.5, 0.6) is 5.75 Å². The van der Waals surface area contributed by atoms with Crippen molar-refractivity contribution in [3.8, 4) is 5.75 Å². The molecule has 118 valence electrons. The Labute approximate surface area is 138 Å². The number of hydroxylamine groups is 2. The predicted octanol–water partition coefficient (Wildman–Crippen LogP) is 3.47. The van der Waals surface area contributed by atoms with E-state index >= 15 is 0 Å². The molecular formula is C17H14ClNO4. The van der Waals surface area contributed by atoms with E-state index in [1.807, 2.05) is 6.92 Å². The number of rotatable bonds is 5. The summed E-state index contributed by atoms with van der Waals surface area (Å²) in [4.78, 5) is 29.7. The summed E-state index contributed by atoms with van der Waals surface area (Å²) < 4.78 is 5.35. The second kappa shape index (κ2) is 6.40. The summed E-state index contributed by atoms with van der Waals surface area (Å²) in [5.41, 5.74) is 1.43. The van der Waals surface area contributed by atoms with Gasteiger partial charge in [-0.05, 0) is 36.8 Å². The third kappa shape index (κ3) is 2.93. The molecule has 0 saturated carbocycles. The van der Waals surface area contributed by atoms with Gasteiger partial charge < -0.3 is 4.74 Å². The van der Waals surface area contributed by atoms with Gasteiger partial charge in [-0.25, -0.2) is 0 Å². The maximum absolute atomic E-state index is 12.2. The molecule has 0 atom stereocenters. The summed E-state index contributed by atoms with van der Waals surface area (Å²) in [5.74, 6) is -0.330. The molecule has 6 heteroatoms. The Morgan fingerprint density at radius 3 is 2.26 bits per heavy atom. The first kappa shape index (κ1) is 15.5. The van der Waals surface area contributed by atoms with E-state index in [2.05, 4.69) is 0 Å². The lowest BCUT2D eigenvalue weighted by Gasteiger charge is -2.14. The van der Waals surface area contributed by atoms with Crippen LogP contribution in [0.1, 0.15) is 33.2 Å². The van der Waals surface area contributed by atoms with E-state index < -0.39 is 11.8 Å². The lowest BCUT2D eigenvalue weighted by Crippen LogP contribution is -2.29. The molecule has 0 spiro atoms. The Bertz CT molecular complexity index is 740. The van der Waals surface area contributed by atoms with Crippen molar-refractivity contribution in [2.45, 2.75) is 13.5 Å². The first-order chi connectivity index (χ1) is 11.1. The number of ether oxygens (including phenoxy) is 1. The number of hydrogen-bond acceptors (Lipinski definition) is 4. The molecule has 0 aliphatic carbocycles. The molecule has 0 saturated heterocycles. The van der Waals surface area contributed by atoms with Gasteiger partial charge in [-0.2, -0.15) is 0 Å². The van der Waals surface area contributed by atoms with Gasteiger partial charge in [-0.3, -0.25) is 14.4 Å². The molecule has 0 unspecified atom stereocenters. The minimum atomic E-state index is -0.456. The van der Waals surface area contributed by atoms with Crippen LogP contribution in [0.15, 0.2) is 42.5 Å². The maximum Gasteiger partial charge on any atom is 0.285 e. The summed E-state index contributed by atoms with van der Waals surface area (Å²) in [6.07, 6.45) is 0. The third-order valence-electron chi connectivity index (χ3n) is 3.41. The van der Waals surface area contributed by atoms with Gasteiger partial charge in [-0.15, -0.1) is 5.06 Å². The second-order valence-electron chi connectivity index (χ2n) is 4.92. The molecule has 1 aliphatic heterocycles. The van der Waals surface area contributed by atoms with Crippen molar-refractivity contribution < 1.29 is 19.2 Å². The zero-order chi connectivity index (χ0) is 16.4. The van der Waals surface area contributed by atoms with Gasteiger partial charge in [0.2, 0.25) is 0 Å². The molecule has 2 amide bonds. The minimum absolute atomic E-state index is 0.0532. The van der Waals surface area contributed by atoms with Crippen LogP contribution in [0.4, 0.5) is 0 Å². The fourth-order valence-electron chi connectivity index (χ4n) is 2.33. The SMILES string of the molecule is CCOc1ccc(CON2C(=O)c3ccccc3C2=O)cc1Cl. The average Bonchev–Trinajstić information content (AvgIpc) is 2.80. The van der Waals surface area contributed by atoms with Gasteiger partial charge in [0.15, 0.2) is 0 Å². The number of hydrogen-bond donors (Lipinski definition) is 0. The summed E-state index contributed by atoms with van der Waals surface area (Å²) in [5, 5.41) is 1.24. The fraction of sp³-hybridized carbons (Fsp3) is 0.176. The van der Waals surface area contributed by atoms with Crippen LogP contribution in [-0.2, 0) is 11.4 Å². The highest BCUT2D eigenvalue weighted by molar-refractivity contribution is 6.32. The highest BCUT2D eigenvalue weighted by atomic mass is 35.5. The van der Waals surface area contributed by atoms with Crippen molar-refractivity contribution in [1.29, 1.82) is 0 Å². The minimum Gasteiger partial charge on any atom is -0.492 e. The number of nitrogens with zero attached hydrogens (tertiary/aromatic N) is 1. The summed E-state index contributed by atoms with van der Waals surface area (Å²) in [6.45, 7) is 2.44. The van der Waals surface area contributed by atoms with Crippen LogP contribution in [-0.4, -0.2) is 23.5 Å². The molecule has 1 aliphatic rings. The van der Waals surface area contributed by atoms with E-state index in [1.165, 1.54) is 0 Å². The number of fused-ring (bicyclic) bond motifs is 1. The van der Waals surface area contributed by atoms with Crippen LogP contribution >= 0.6 is 11.6 Å². The Morgan fingerprint density at radius 2 is 1.70 bits per heavy atom. The van der Waals surface area contributed by atoms with Crippen LogP contribution < -0.4 is 4.74 Å². The van der Waals surface area contributed by atoms with Gasteiger partial charge in [-0.1, -0.05) is 29.8 Å². The third-order valence-corrected chi connectivity index (χ3v) is 3.71. The van der Waals surface area contributed by atoms with Gasteiger partial charge in [0.05, 0.1) is 22.8 Å². The predicted molar refractivity (Wildman–Crippen MR) is 84.4 cm³/mol. The van der Waals surface area contributed by atoms with Crippen molar-refractivity contribution >= 4 is 23.4 Å². The smallest absolute Gasteiger partial charge is 0.285 e. The van der Waals surface area contributed by atoms with E-state index in [4.69, 9.17) is 21.2 Å². The lowest BCUT2D eigenvalue weighted by atomic mass is 10.1. The quantitative estimate of drug-likeness (QED) is 0.787. The first-order valence-electron chi connectivity index (χ1n) is 7.13. The molecule has 1 heterocycles. The molecular weight excluding hydrogens is 318 g/mol. The average molecular weight is 332 g/mol. The van der Waals surface area contributed by atoms with Crippen LogP contribution in [0.2, 0.25) is 5.02 Å². The summed E-state index contributed by atoms with van der Waals surface area (Å²) in [6, 6.07) is 11.8. The van der Waals surface area contributed by atoms with E-state index in [0.717, 1.165) is 10.6 Å². The standard InChI is InChI=1S/C17H14ClNO4/c1-2-22-15-8-7-11(9-14(15)18)10-23-19-16(20)12-5-3-4-6-13(12)17(19)21/h3-9H,2,10H2,1H3. The van der Waals surface area contributed by atoms with Crippen molar-refractivity contribution in [2.75, 3.05) is 6.61 Å². The molecule has 3 rings (SSSR count). The number of carbonyl (C=O) groups is 2. The molecule has 2 aromatic rings. The van der Waals surface area contributed by atoms with E-state index in [-0.39, 0.29) is 6.61 Å². The van der Waals surface area contributed by atoms with Crippen LogP contribution in [0, 0.1) is 0 Å². The van der Waals surface area contributed by atoms with Gasteiger partial charge in [0, 0.05) is 0 Å². The number of benzene rings is 2.